The first kappa shape index (κ1) is 24.5. The topological polar surface area (TPSA) is 126 Å². The first-order valence-electron chi connectivity index (χ1n) is 9.45. The molecule has 9 heteroatoms. The van der Waals surface area contributed by atoms with E-state index >= 15 is 0 Å². The Morgan fingerprint density at radius 1 is 1.00 bits per heavy atom. The Morgan fingerprint density at radius 2 is 1.66 bits per heavy atom. The predicted molar refractivity (Wildman–Crippen MR) is 108 cm³/mol. The van der Waals surface area contributed by atoms with E-state index in [4.69, 9.17) is 14.6 Å². The largest absolute Gasteiger partial charge is 0.392 e. The number of hydrogen-bond donors (Lipinski definition) is 4. The molecular formula is C20H31N3O6. The van der Waals surface area contributed by atoms with Gasteiger partial charge in [0, 0.05) is 12.8 Å². The Labute approximate surface area is 171 Å². The molecule has 0 bridgehead atoms. The van der Waals surface area contributed by atoms with Crippen molar-refractivity contribution in [3.05, 3.63) is 29.8 Å². The molecule has 29 heavy (non-hydrogen) atoms. The van der Waals surface area contributed by atoms with Crippen LogP contribution in [-0.4, -0.2) is 61.8 Å². The van der Waals surface area contributed by atoms with E-state index in [-0.39, 0.29) is 25.7 Å². The summed E-state index contributed by atoms with van der Waals surface area (Å²) in [4.78, 5) is 36.9. The summed E-state index contributed by atoms with van der Waals surface area (Å²) in [6.45, 7) is 5.53. The monoisotopic (exact) mass is 409 g/mol. The van der Waals surface area contributed by atoms with E-state index in [1.54, 1.807) is 45.0 Å². The van der Waals surface area contributed by atoms with Crippen molar-refractivity contribution in [2.24, 2.45) is 5.92 Å². The van der Waals surface area contributed by atoms with Crippen molar-refractivity contribution in [3.8, 4) is 0 Å². The Kier molecular flexibility index (Phi) is 10.9. The van der Waals surface area contributed by atoms with Crippen LogP contribution < -0.4 is 16.0 Å². The summed E-state index contributed by atoms with van der Waals surface area (Å²) in [5, 5.41) is 17.0. The molecule has 1 rings (SSSR count). The summed E-state index contributed by atoms with van der Waals surface area (Å²) in [6, 6.07) is 5.11. The number of nitrogens with one attached hydrogen (secondary N) is 3. The van der Waals surface area contributed by atoms with Gasteiger partial charge in [-0.3, -0.25) is 14.4 Å². The lowest BCUT2D eigenvalue weighted by atomic mass is 10.0. The summed E-state index contributed by atoms with van der Waals surface area (Å²) in [5.41, 5.74) is 1.28. The van der Waals surface area contributed by atoms with E-state index in [0.717, 1.165) is 5.56 Å². The number of rotatable bonds is 12. The lowest BCUT2D eigenvalue weighted by molar-refractivity contribution is -0.133. The molecule has 0 aliphatic carbocycles. The van der Waals surface area contributed by atoms with Crippen LogP contribution in [0.15, 0.2) is 24.3 Å². The number of hydrogen-bond acceptors (Lipinski definition) is 6. The fraction of sp³-hybridized carbons (Fsp3) is 0.550. The Hall–Kier alpha value is -2.49. The van der Waals surface area contributed by atoms with Gasteiger partial charge in [-0.1, -0.05) is 26.0 Å². The van der Waals surface area contributed by atoms with E-state index in [2.05, 4.69) is 16.0 Å². The third kappa shape index (κ3) is 9.03. The fourth-order valence-corrected chi connectivity index (χ4v) is 2.37. The number of amides is 3. The molecule has 0 aliphatic heterocycles. The van der Waals surface area contributed by atoms with E-state index in [9.17, 15) is 14.4 Å². The van der Waals surface area contributed by atoms with E-state index in [1.165, 1.54) is 7.11 Å². The standard InChI is InChI=1S/C20H31N3O6/c1-13(2)18(23-17(25)12-29-10-9-28-4)20(27)21-14(3)19(26)22-16-7-5-15(11-24)6-8-16/h5-8,13-14,18,24H,9-12H2,1-4H3,(H,21,27)(H,22,26)(H,23,25)/t14-,18-/m0/s1. The lowest BCUT2D eigenvalue weighted by Crippen LogP contribution is -2.54. The van der Waals surface area contributed by atoms with Crippen LogP contribution in [0.4, 0.5) is 5.69 Å². The third-order valence-electron chi connectivity index (χ3n) is 4.09. The van der Waals surface area contributed by atoms with Crippen molar-refractivity contribution in [3.63, 3.8) is 0 Å². The zero-order chi connectivity index (χ0) is 21.8. The van der Waals surface area contributed by atoms with Crippen molar-refractivity contribution in [2.45, 2.75) is 39.5 Å². The predicted octanol–water partition coefficient (Wildman–Crippen LogP) is 0.426. The summed E-state index contributed by atoms with van der Waals surface area (Å²) < 4.78 is 9.98. The molecule has 0 aromatic heterocycles. The molecule has 0 saturated carbocycles. The van der Waals surface area contributed by atoms with Crippen LogP contribution in [0.25, 0.3) is 0 Å². The highest BCUT2D eigenvalue weighted by molar-refractivity contribution is 5.98. The molecule has 1 aromatic rings. The van der Waals surface area contributed by atoms with Gasteiger partial charge in [0.1, 0.15) is 18.7 Å². The molecule has 3 amide bonds. The average molecular weight is 409 g/mol. The summed E-state index contributed by atoms with van der Waals surface area (Å²) in [6.07, 6.45) is 0. The number of benzene rings is 1. The first-order valence-corrected chi connectivity index (χ1v) is 9.45. The molecule has 0 heterocycles. The zero-order valence-electron chi connectivity index (χ0n) is 17.4. The van der Waals surface area contributed by atoms with Gasteiger partial charge in [-0.15, -0.1) is 0 Å². The number of carbonyl (C=O) groups excluding carboxylic acids is 3. The van der Waals surface area contributed by atoms with Gasteiger partial charge >= 0.3 is 0 Å². The van der Waals surface area contributed by atoms with Crippen molar-refractivity contribution in [2.75, 3.05) is 32.2 Å². The quantitative estimate of drug-likeness (QED) is 0.371. The molecule has 0 unspecified atom stereocenters. The molecule has 0 fully saturated rings. The van der Waals surface area contributed by atoms with E-state index in [1.807, 2.05) is 0 Å². The van der Waals surface area contributed by atoms with Crippen LogP contribution >= 0.6 is 0 Å². The van der Waals surface area contributed by atoms with Crippen LogP contribution in [0.1, 0.15) is 26.3 Å². The molecule has 4 N–H and O–H groups in total. The average Bonchev–Trinajstić information content (AvgIpc) is 2.69. The fourth-order valence-electron chi connectivity index (χ4n) is 2.37. The summed E-state index contributed by atoms with van der Waals surface area (Å²) in [5.74, 6) is -1.45. The Balaban J connectivity index is 2.56. The number of aliphatic hydroxyl groups excluding tert-OH is 1. The van der Waals surface area contributed by atoms with Crippen molar-refractivity contribution < 1.29 is 29.0 Å². The van der Waals surface area contributed by atoms with Crippen LogP contribution in [0.5, 0.6) is 0 Å². The third-order valence-corrected chi connectivity index (χ3v) is 4.09. The Morgan fingerprint density at radius 3 is 2.21 bits per heavy atom. The number of anilines is 1. The highest BCUT2D eigenvalue weighted by Crippen LogP contribution is 2.10. The minimum Gasteiger partial charge on any atom is -0.392 e. The summed E-state index contributed by atoms with van der Waals surface area (Å²) >= 11 is 0. The van der Waals surface area contributed by atoms with Gasteiger partial charge in [0.15, 0.2) is 0 Å². The second kappa shape index (κ2) is 12.9. The van der Waals surface area contributed by atoms with Crippen LogP contribution in [-0.2, 0) is 30.5 Å². The molecule has 2 atom stereocenters. The van der Waals surface area contributed by atoms with Gasteiger partial charge in [-0.05, 0) is 30.5 Å². The van der Waals surface area contributed by atoms with Crippen LogP contribution in [0.3, 0.4) is 0 Å². The van der Waals surface area contributed by atoms with Gasteiger partial charge in [-0.2, -0.15) is 0 Å². The second-order valence-electron chi connectivity index (χ2n) is 6.91. The van der Waals surface area contributed by atoms with Gasteiger partial charge in [0.2, 0.25) is 17.7 Å². The van der Waals surface area contributed by atoms with Crippen LogP contribution in [0, 0.1) is 5.92 Å². The maximum absolute atomic E-state index is 12.6. The maximum atomic E-state index is 12.6. The first-order chi connectivity index (χ1) is 13.8. The number of methoxy groups -OCH3 is 1. The molecule has 9 nitrogen and oxygen atoms in total. The summed E-state index contributed by atoms with van der Waals surface area (Å²) in [7, 11) is 1.53. The molecule has 162 valence electrons. The van der Waals surface area contributed by atoms with Gasteiger partial charge in [0.25, 0.3) is 0 Å². The second-order valence-corrected chi connectivity index (χ2v) is 6.91. The maximum Gasteiger partial charge on any atom is 0.246 e. The number of carbonyl (C=O) groups is 3. The molecule has 0 radical (unpaired) electrons. The smallest absolute Gasteiger partial charge is 0.246 e. The molecule has 0 aliphatic rings. The van der Waals surface area contributed by atoms with Gasteiger partial charge in [-0.25, -0.2) is 0 Å². The SMILES string of the molecule is COCCOCC(=O)N[C@H](C(=O)N[C@@H](C)C(=O)Nc1ccc(CO)cc1)C(C)C. The number of ether oxygens (including phenoxy) is 2. The molecule has 1 aromatic carbocycles. The molecule has 0 spiro atoms. The minimum atomic E-state index is -0.809. The van der Waals surface area contributed by atoms with E-state index < -0.39 is 29.8 Å². The van der Waals surface area contributed by atoms with Crippen molar-refractivity contribution in [1.82, 2.24) is 10.6 Å². The zero-order valence-corrected chi connectivity index (χ0v) is 17.4. The molecular weight excluding hydrogens is 378 g/mol. The van der Waals surface area contributed by atoms with Crippen molar-refractivity contribution in [1.29, 1.82) is 0 Å². The normalized spacial score (nSPS) is 12.9. The van der Waals surface area contributed by atoms with E-state index in [0.29, 0.717) is 12.3 Å². The number of aliphatic hydroxyl groups is 1. The highest BCUT2D eigenvalue weighted by atomic mass is 16.5. The van der Waals surface area contributed by atoms with Gasteiger partial charge in [0.05, 0.1) is 19.8 Å². The Bertz CT molecular complexity index is 663. The lowest BCUT2D eigenvalue weighted by Gasteiger charge is -2.23. The van der Waals surface area contributed by atoms with Gasteiger partial charge < -0.3 is 30.5 Å². The minimum absolute atomic E-state index is 0.0829. The molecule has 0 saturated heterocycles. The van der Waals surface area contributed by atoms with Crippen molar-refractivity contribution >= 4 is 23.4 Å². The van der Waals surface area contributed by atoms with Crippen LogP contribution in [0.2, 0.25) is 0 Å². The highest BCUT2D eigenvalue weighted by Gasteiger charge is 2.27.